The molecule has 0 spiro atoms. The van der Waals surface area contributed by atoms with Crippen LogP contribution in [0, 0.1) is 17.2 Å². The van der Waals surface area contributed by atoms with Crippen LogP contribution in [0.4, 0.5) is 0 Å². The van der Waals surface area contributed by atoms with Gasteiger partial charge in [0.05, 0.1) is 13.2 Å². The topological polar surface area (TPSA) is 53.1 Å². The lowest BCUT2D eigenvalue weighted by atomic mass is 10.2. The summed E-state index contributed by atoms with van der Waals surface area (Å²) in [5.41, 5.74) is 0. The van der Waals surface area contributed by atoms with E-state index in [9.17, 15) is 4.79 Å². The Morgan fingerprint density at radius 2 is 2.45 bits per heavy atom. The maximum absolute atomic E-state index is 10.8. The van der Waals surface area contributed by atoms with Crippen LogP contribution in [-0.4, -0.2) is 37.6 Å². The standard InChI is InChI=1S/C7H10N2O2/c1-11-7(10)6(4-8)5-9-2-3-9/h6H,2-3,5H2,1H3. The van der Waals surface area contributed by atoms with Crippen molar-refractivity contribution in [3.05, 3.63) is 0 Å². The largest absolute Gasteiger partial charge is 0.468 e. The molecule has 1 rings (SSSR count). The number of hydrogen-bond acceptors (Lipinski definition) is 4. The van der Waals surface area contributed by atoms with Crippen molar-refractivity contribution in [1.82, 2.24) is 4.90 Å². The molecule has 0 aromatic rings. The summed E-state index contributed by atoms with van der Waals surface area (Å²) in [6.45, 7) is 2.51. The summed E-state index contributed by atoms with van der Waals surface area (Å²) in [7, 11) is 1.30. The van der Waals surface area contributed by atoms with Gasteiger partial charge < -0.3 is 4.74 Å². The summed E-state index contributed by atoms with van der Waals surface area (Å²) in [6.07, 6.45) is 0. The van der Waals surface area contributed by atoms with Crippen LogP contribution in [0.15, 0.2) is 0 Å². The number of carbonyl (C=O) groups excluding carboxylic acids is 1. The van der Waals surface area contributed by atoms with E-state index in [1.807, 2.05) is 11.0 Å². The van der Waals surface area contributed by atoms with Gasteiger partial charge in [-0.15, -0.1) is 0 Å². The van der Waals surface area contributed by atoms with Crippen molar-refractivity contribution in [2.24, 2.45) is 5.92 Å². The maximum Gasteiger partial charge on any atom is 0.324 e. The van der Waals surface area contributed by atoms with E-state index in [4.69, 9.17) is 5.26 Å². The molecule has 0 aromatic carbocycles. The minimum absolute atomic E-state index is 0.431. The average molecular weight is 154 g/mol. The van der Waals surface area contributed by atoms with Crippen LogP contribution in [-0.2, 0) is 9.53 Å². The zero-order valence-corrected chi connectivity index (χ0v) is 6.41. The van der Waals surface area contributed by atoms with Crippen molar-refractivity contribution < 1.29 is 9.53 Å². The van der Waals surface area contributed by atoms with Crippen molar-refractivity contribution in [3.8, 4) is 6.07 Å². The minimum Gasteiger partial charge on any atom is -0.468 e. The molecule has 0 bridgehead atoms. The third-order valence-electron chi connectivity index (χ3n) is 1.62. The lowest BCUT2D eigenvalue weighted by Gasteiger charge is -2.05. The van der Waals surface area contributed by atoms with Crippen LogP contribution in [0.1, 0.15) is 0 Å². The molecule has 1 fully saturated rings. The number of ether oxygens (including phenoxy) is 1. The Labute approximate surface area is 65.4 Å². The van der Waals surface area contributed by atoms with Gasteiger partial charge in [0.25, 0.3) is 0 Å². The molecule has 60 valence electrons. The van der Waals surface area contributed by atoms with Gasteiger partial charge in [0.15, 0.2) is 5.92 Å². The third-order valence-corrected chi connectivity index (χ3v) is 1.62. The quantitative estimate of drug-likeness (QED) is 0.410. The van der Waals surface area contributed by atoms with E-state index >= 15 is 0 Å². The van der Waals surface area contributed by atoms with Crippen molar-refractivity contribution in [1.29, 1.82) is 5.26 Å². The van der Waals surface area contributed by atoms with Gasteiger partial charge in [0, 0.05) is 19.6 Å². The van der Waals surface area contributed by atoms with Gasteiger partial charge in [0.1, 0.15) is 0 Å². The summed E-state index contributed by atoms with van der Waals surface area (Å²) < 4.78 is 4.44. The Morgan fingerprint density at radius 3 is 2.82 bits per heavy atom. The van der Waals surface area contributed by atoms with Crippen LogP contribution in [0.2, 0.25) is 0 Å². The second-order valence-electron chi connectivity index (χ2n) is 2.51. The lowest BCUT2D eigenvalue weighted by molar-refractivity contribution is -0.143. The molecular formula is C7H10N2O2. The van der Waals surface area contributed by atoms with Crippen molar-refractivity contribution in [2.45, 2.75) is 0 Å². The van der Waals surface area contributed by atoms with Gasteiger partial charge in [-0.25, -0.2) is 0 Å². The second kappa shape index (κ2) is 3.35. The number of carbonyl (C=O) groups is 1. The van der Waals surface area contributed by atoms with Crippen LogP contribution >= 0.6 is 0 Å². The molecule has 0 amide bonds. The van der Waals surface area contributed by atoms with E-state index in [1.54, 1.807) is 0 Å². The molecule has 1 unspecified atom stereocenters. The number of methoxy groups -OCH3 is 1. The highest BCUT2D eigenvalue weighted by molar-refractivity contribution is 5.75. The van der Waals surface area contributed by atoms with Gasteiger partial charge in [-0.3, -0.25) is 9.69 Å². The van der Waals surface area contributed by atoms with Crippen molar-refractivity contribution >= 4 is 5.97 Å². The van der Waals surface area contributed by atoms with E-state index in [0.717, 1.165) is 13.1 Å². The molecule has 1 saturated heterocycles. The zero-order chi connectivity index (χ0) is 8.27. The molecule has 0 aromatic heterocycles. The molecule has 1 aliphatic heterocycles. The number of hydrogen-bond donors (Lipinski definition) is 0. The molecule has 0 N–H and O–H groups in total. The normalized spacial score (nSPS) is 18.5. The zero-order valence-electron chi connectivity index (χ0n) is 6.41. The molecule has 11 heavy (non-hydrogen) atoms. The molecular weight excluding hydrogens is 144 g/mol. The van der Waals surface area contributed by atoms with Gasteiger partial charge in [-0.05, 0) is 0 Å². The molecule has 4 heteroatoms. The third kappa shape index (κ3) is 2.20. The smallest absolute Gasteiger partial charge is 0.324 e. The molecule has 0 radical (unpaired) electrons. The van der Waals surface area contributed by atoms with Crippen LogP contribution in [0.3, 0.4) is 0 Å². The van der Waals surface area contributed by atoms with Crippen molar-refractivity contribution in [3.63, 3.8) is 0 Å². The summed E-state index contributed by atoms with van der Waals surface area (Å²) >= 11 is 0. The van der Waals surface area contributed by atoms with Gasteiger partial charge >= 0.3 is 5.97 Å². The number of esters is 1. The monoisotopic (exact) mass is 154 g/mol. The molecule has 1 heterocycles. The molecule has 1 atom stereocenters. The Hall–Kier alpha value is -1.08. The fourth-order valence-corrected chi connectivity index (χ4v) is 0.822. The van der Waals surface area contributed by atoms with Crippen LogP contribution in [0.25, 0.3) is 0 Å². The van der Waals surface area contributed by atoms with Gasteiger partial charge in [0.2, 0.25) is 0 Å². The fourth-order valence-electron chi connectivity index (χ4n) is 0.822. The van der Waals surface area contributed by atoms with Gasteiger partial charge in [-0.2, -0.15) is 5.26 Å². The Balaban J connectivity index is 2.35. The molecule has 0 saturated carbocycles. The summed E-state index contributed by atoms with van der Waals surface area (Å²) in [5, 5.41) is 8.53. The summed E-state index contributed by atoms with van der Waals surface area (Å²) in [5.74, 6) is -1.04. The second-order valence-corrected chi connectivity index (χ2v) is 2.51. The van der Waals surface area contributed by atoms with Crippen molar-refractivity contribution in [2.75, 3.05) is 26.7 Å². The number of nitrogens with zero attached hydrogens (tertiary/aromatic N) is 2. The van der Waals surface area contributed by atoms with Crippen LogP contribution in [0.5, 0.6) is 0 Å². The molecule has 4 nitrogen and oxygen atoms in total. The van der Waals surface area contributed by atoms with E-state index in [1.165, 1.54) is 7.11 Å². The summed E-state index contributed by atoms with van der Waals surface area (Å²) in [4.78, 5) is 12.9. The summed E-state index contributed by atoms with van der Waals surface area (Å²) in [6, 6.07) is 1.91. The minimum atomic E-state index is -0.609. The van der Waals surface area contributed by atoms with E-state index in [0.29, 0.717) is 6.54 Å². The number of nitriles is 1. The first kappa shape index (κ1) is 8.02. The highest BCUT2D eigenvalue weighted by Gasteiger charge is 2.26. The first-order valence-corrected chi connectivity index (χ1v) is 3.47. The predicted octanol–water partition coefficient (Wildman–Crippen LogP) is -0.385. The first-order chi connectivity index (χ1) is 5.27. The van der Waals surface area contributed by atoms with Gasteiger partial charge in [-0.1, -0.05) is 0 Å². The fraction of sp³-hybridized carbons (Fsp3) is 0.714. The average Bonchev–Trinajstić information content (AvgIpc) is 2.82. The van der Waals surface area contributed by atoms with E-state index in [-0.39, 0.29) is 0 Å². The highest BCUT2D eigenvalue weighted by atomic mass is 16.5. The van der Waals surface area contributed by atoms with E-state index < -0.39 is 11.9 Å². The van der Waals surface area contributed by atoms with Crippen LogP contribution < -0.4 is 0 Å². The first-order valence-electron chi connectivity index (χ1n) is 3.47. The Bertz CT molecular complexity index is 193. The maximum atomic E-state index is 10.8. The molecule has 1 aliphatic rings. The Kier molecular flexibility index (Phi) is 2.44. The lowest BCUT2D eigenvalue weighted by Crippen LogP contribution is -2.22. The predicted molar refractivity (Wildman–Crippen MR) is 37.6 cm³/mol. The SMILES string of the molecule is COC(=O)C(C#N)CN1CC1. The number of rotatable bonds is 3. The highest BCUT2D eigenvalue weighted by Crippen LogP contribution is 2.09. The molecule has 0 aliphatic carbocycles. The van der Waals surface area contributed by atoms with E-state index in [2.05, 4.69) is 4.74 Å². The Morgan fingerprint density at radius 1 is 1.82 bits per heavy atom.